The summed E-state index contributed by atoms with van der Waals surface area (Å²) in [6, 6.07) is 56.1. The largest absolute Gasteiger partial charge is 0.309 e. The minimum Gasteiger partial charge on any atom is -0.309 e. The third kappa shape index (κ3) is 4.35. The Labute approximate surface area is 296 Å². The maximum absolute atomic E-state index is 2.44. The Bertz CT molecular complexity index is 2850. The standard InChI is InChI=1S/C48H33NS/c1-3-10-31-21-26-42-46(30(31)2)48-38-14-5-4-11-33(38)22-27-43(48)49(42)36-23-19-32(20-24-36)34-12-8-13-35(29-34)37-25-28-45-47-40(37)16-9-17-41(47)39-15-6-7-18-44(39)50-45/h3-29H,1-2H3/b10-3-. The zero-order valence-corrected chi connectivity index (χ0v) is 28.8. The second-order valence-electron chi connectivity index (χ2n) is 13.3. The summed E-state index contributed by atoms with van der Waals surface area (Å²) in [4.78, 5) is 2.66. The number of fused-ring (bicyclic) bond motifs is 7. The number of hydrogen-bond donors (Lipinski definition) is 0. The first-order valence-corrected chi connectivity index (χ1v) is 18.1. The molecule has 2 heteroatoms. The molecule has 50 heavy (non-hydrogen) atoms. The highest BCUT2D eigenvalue weighted by molar-refractivity contribution is 7.99. The van der Waals surface area contributed by atoms with Gasteiger partial charge < -0.3 is 4.57 Å². The van der Waals surface area contributed by atoms with Crippen LogP contribution in [-0.4, -0.2) is 4.57 Å². The van der Waals surface area contributed by atoms with E-state index in [9.17, 15) is 0 Å². The van der Waals surface area contributed by atoms with E-state index >= 15 is 0 Å². The SMILES string of the molecule is C/C=C\c1ccc2c(c1C)c1c3ccccc3ccc1n2-c1ccc(-c2cccc(-c3ccc4c5c(cccc35)-c3ccccc3S4)c2)cc1. The second-order valence-corrected chi connectivity index (χ2v) is 14.3. The van der Waals surface area contributed by atoms with Gasteiger partial charge in [-0.15, -0.1) is 0 Å². The quantitative estimate of drug-likeness (QED) is 0.183. The van der Waals surface area contributed by atoms with Gasteiger partial charge in [0.1, 0.15) is 0 Å². The molecule has 0 fully saturated rings. The number of nitrogens with zero attached hydrogens (tertiary/aromatic N) is 1. The number of aromatic nitrogens is 1. The Morgan fingerprint density at radius 1 is 0.500 bits per heavy atom. The van der Waals surface area contributed by atoms with Crippen molar-refractivity contribution >= 4 is 61.2 Å². The molecule has 0 N–H and O–H groups in total. The molecule has 236 valence electrons. The van der Waals surface area contributed by atoms with E-state index in [1.165, 1.54) is 103 Å². The van der Waals surface area contributed by atoms with Crippen molar-refractivity contribution in [1.82, 2.24) is 4.57 Å². The van der Waals surface area contributed by atoms with Crippen LogP contribution < -0.4 is 0 Å². The molecule has 0 spiro atoms. The zero-order valence-electron chi connectivity index (χ0n) is 27.9. The average molecular weight is 656 g/mol. The Hall–Kier alpha value is -5.83. The molecule has 0 radical (unpaired) electrons. The van der Waals surface area contributed by atoms with Crippen LogP contribution in [0.3, 0.4) is 0 Å². The highest BCUT2D eigenvalue weighted by atomic mass is 32.2. The van der Waals surface area contributed by atoms with Crippen molar-refractivity contribution in [1.29, 1.82) is 0 Å². The highest BCUT2D eigenvalue weighted by Gasteiger charge is 2.21. The number of aryl methyl sites for hydroxylation is 1. The van der Waals surface area contributed by atoms with Crippen LogP contribution in [0.2, 0.25) is 0 Å². The molecule has 10 rings (SSSR count). The lowest BCUT2D eigenvalue weighted by Crippen LogP contribution is -1.95. The average Bonchev–Trinajstić information content (AvgIpc) is 3.52. The van der Waals surface area contributed by atoms with E-state index in [-0.39, 0.29) is 0 Å². The van der Waals surface area contributed by atoms with Crippen LogP contribution in [0.4, 0.5) is 0 Å². The van der Waals surface area contributed by atoms with Crippen molar-refractivity contribution in [2.75, 3.05) is 0 Å². The maximum atomic E-state index is 2.44. The highest BCUT2D eigenvalue weighted by Crippen LogP contribution is 2.49. The first-order valence-electron chi connectivity index (χ1n) is 17.3. The predicted molar refractivity (Wildman–Crippen MR) is 216 cm³/mol. The number of allylic oxidation sites excluding steroid dienone is 1. The molecule has 0 bridgehead atoms. The smallest absolute Gasteiger partial charge is 0.0547 e. The number of benzene rings is 8. The normalized spacial score (nSPS) is 12.4. The van der Waals surface area contributed by atoms with Gasteiger partial charge in [-0.05, 0) is 117 Å². The van der Waals surface area contributed by atoms with Gasteiger partial charge in [-0.3, -0.25) is 0 Å². The third-order valence-electron chi connectivity index (χ3n) is 10.5. The summed E-state index contributed by atoms with van der Waals surface area (Å²) in [7, 11) is 0. The topological polar surface area (TPSA) is 4.93 Å². The van der Waals surface area contributed by atoms with Crippen LogP contribution in [0.15, 0.2) is 168 Å². The Morgan fingerprint density at radius 2 is 1.24 bits per heavy atom. The lowest BCUT2D eigenvalue weighted by Gasteiger charge is -2.21. The molecule has 1 aliphatic heterocycles. The molecule has 0 aliphatic carbocycles. The van der Waals surface area contributed by atoms with Crippen molar-refractivity contribution in [3.63, 3.8) is 0 Å². The summed E-state index contributed by atoms with van der Waals surface area (Å²) in [5.41, 5.74) is 13.8. The summed E-state index contributed by atoms with van der Waals surface area (Å²) in [5.74, 6) is 0. The zero-order chi connectivity index (χ0) is 33.3. The molecule has 0 atom stereocenters. The van der Waals surface area contributed by atoms with Crippen LogP contribution in [0.1, 0.15) is 18.1 Å². The van der Waals surface area contributed by atoms with Crippen molar-refractivity contribution in [2.24, 2.45) is 0 Å². The van der Waals surface area contributed by atoms with Gasteiger partial charge in [-0.2, -0.15) is 0 Å². The first-order chi connectivity index (χ1) is 24.7. The van der Waals surface area contributed by atoms with Crippen LogP contribution in [-0.2, 0) is 0 Å². The minimum atomic E-state index is 1.17. The van der Waals surface area contributed by atoms with Gasteiger partial charge in [-0.1, -0.05) is 133 Å². The fraction of sp³-hybridized carbons (Fsp3) is 0.0417. The van der Waals surface area contributed by atoms with Gasteiger partial charge in [0.2, 0.25) is 0 Å². The molecule has 0 amide bonds. The second kappa shape index (κ2) is 11.4. The summed E-state index contributed by atoms with van der Waals surface area (Å²) in [6.45, 7) is 4.35. The monoisotopic (exact) mass is 655 g/mol. The molecular formula is C48H33NS. The van der Waals surface area contributed by atoms with Gasteiger partial charge in [0.25, 0.3) is 0 Å². The Kier molecular flexibility index (Phi) is 6.62. The summed E-state index contributed by atoms with van der Waals surface area (Å²) >= 11 is 1.88. The molecule has 1 aromatic heterocycles. The lowest BCUT2D eigenvalue weighted by atomic mass is 9.91. The van der Waals surface area contributed by atoms with Crippen LogP contribution in [0.5, 0.6) is 0 Å². The fourth-order valence-corrected chi connectivity index (χ4v) is 9.32. The van der Waals surface area contributed by atoms with Crippen LogP contribution in [0, 0.1) is 6.92 Å². The summed E-state index contributed by atoms with van der Waals surface area (Å²) in [5, 5.41) is 7.87. The molecule has 2 heterocycles. The molecule has 0 saturated heterocycles. The van der Waals surface area contributed by atoms with E-state index < -0.39 is 0 Å². The molecule has 1 nitrogen and oxygen atoms in total. The van der Waals surface area contributed by atoms with E-state index in [1.807, 2.05) is 11.8 Å². The van der Waals surface area contributed by atoms with Crippen molar-refractivity contribution in [3.05, 3.63) is 169 Å². The molecule has 9 aromatic rings. The van der Waals surface area contributed by atoms with Gasteiger partial charge in [-0.25, -0.2) is 0 Å². The van der Waals surface area contributed by atoms with E-state index in [2.05, 4.69) is 182 Å². The van der Waals surface area contributed by atoms with Crippen LogP contribution >= 0.6 is 11.8 Å². The van der Waals surface area contributed by atoms with Crippen molar-refractivity contribution in [2.45, 2.75) is 23.6 Å². The summed E-state index contributed by atoms with van der Waals surface area (Å²) < 4.78 is 2.44. The van der Waals surface area contributed by atoms with E-state index in [4.69, 9.17) is 0 Å². The van der Waals surface area contributed by atoms with Crippen molar-refractivity contribution in [3.8, 4) is 39.1 Å². The Morgan fingerprint density at radius 3 is 2.14 bits per heavy atom. The molecule has 8 aromatic carbocycles. The van der Waals surface area contributed by atoms with Crippen molar-refractivity contribution < 1.29 is 0 Å². The Balaban J connectivity index is 1.09. The molecule has 0 saturated carbocycles. The number of hydrogen-bond acceptors (Lipinski definition) is 1. The van der Waals surface area contributed by atoms with Gasteiger partial charge in [0.05, 0.1) is 11.0 Å². The fourth-order valence-electron chi connectivity index (χ4n) is 8.19. The summed E-state index contributed by atoms with van der Waals surface area (Å²) in [6.07, 6.45) is 4.35. The van der Waals surface area contributed by atoms with Crippen LogP contribution in [0.25, 0.3) is 88.5 Å². The lowest BCUT2D eigenvalue weighted by molar-refractivity contribution is 1.18. The van der Waals surface area contributed by atoms with E-state index in [0.29, 0.717) is 0 Å². The molecular weight excluding hydrogens is 623 g/mol. The van der Waals surface area contributed by atoms with Gasteiger partial charge in [0, 0.05) is 31.6 Å². The molecule has 1 aliphatic rings. The molecule has 0 unspecified atom stereocenters. The predicted octanol–water partition coefficient (Wildman–Crippen LogP) is 13.9. The minimum absolute atomic E-state index is 1.17. The van der Waals surface area contributed by atoms with E-state index in [0.717, 1.165) is 0 Å². The number of rotatable bonds is 4. The van der Waals surface area contributed by atoms with Gasteiger partial charge >= 0.3 is 0 Å². The third-order valence-corrected chi connectivity index (χ3v) is 11.6. The van der Waals surface area contributed by atoms with E-state index in [1.54, 1.807) is 0 Å². The first kappa shape index (κ1) is 29.1. The maximum Gasteiger partial charge on any atom is 0.0547 e. The van der Waals surface area contributed by atoms with Gasteiger partial charge in [0.15, 0.2) is 0 Å².